The van der Waals surface area contributed by atoms with Crippen molar-refractivity contribution < 1.29 is 4.74 Å². The predicted molar refractivity (Wildman–Crippen MR) is 65.8 cm³/mol. The molecule has 0 radical (unpaired) electrons. The van der Waals surface area contributed by atoms with E-state index in [4.69, 9.17) is 10.00 Å². The summed E-state index contributed by atoms with van der Waals surface area (Å²) in [4.78, 5) is 4.40. The van der Waals surface area contributed by atoms with Crippen LogP contribution in [0.25, 0.3) is 0 Å². The van der Waals surface area contributed by atoms with Crippen molar-refractivity contribution in [1.82, 2.24) is 4.98 Å². The largest absolute Gasteiger partial charge is 0.379 e. The maximum Gasteiger partial charge on any atom is 0.128 e. The number of nitriles is 1. The van der Waals surface area contributed by atoms with Crippen LogP contribution in [0.2, 0.25) is 0 Å². The summed E-state index contributed by atoms with van der Waals surface area (Å²) in [6.45, 7) is 5.54. The molecule has 1 fully saturated rings. The van der Waals surface area contributed by atoms with Gasteiger partial charge in [0.2, 0.25) is 0 Å². The lowest BCUT2D eigenvalue weighted by Crippen LogP contribution is -2.43. The molecule has 0 spiro atoms. The molecule has 1 unspecified atom stereocenters. The number of aryl methyl sites for hydroxylation is 1. The number of rotatable bonds is 2. The molecule has 90 valence electrons. The van der Waals surface area contributed by atoms with Crippen LogP contribution in [0.3, 0.4) is 0 Å². The van der Waals surface area contributed by atoms with Crippen molar-refractivity contribution >= 4 is 5.82 Å². The average Bonchev–Trinajstić information content (AvgIpc) is 2.28. The predicted octanol–water partition coefficient (Wildman–Crippen LogP) is 2.24. The summed E-state index contributed by atoms with van der Waals surface area (Å²) in [5, 5.41) is 12.3. The molecule has 1 aliphatic rings. The number of hydrogen-bond donors (Lipinski definition) is 1. The zero-order chi connectivity index (χ0) is 12.3. The number of pyridine rings is 1. The molecule has 1 atom stereocenters. The van der Waals surface area contributed by atoms with Gasteiger partial charge < -0.3 is 10.1 Å². The molecule has 1 aliphatic heterocycles. The van der Waals surface area contributed by atoms with Crippen molar-refractivity contribution in [2.75, 3.05) is 18.5 Å². The third-order valence-corrected chi connectivity index (χ3v) is 2.95. The van der Waals surface area contributed by atoms with Crippen LogP contribution in [0.5, 0.6) is 0 Å². The fourth-order valence-corrected chi connectivity index (χ4v) is 2.14. The van der Waals surface area contributed by atoms with Gasteiger partial charge in [0.25, 0.3) is 0 Å². The molecule has 0 aromatic carbocycles. The van der Waals surface area contributed by atoms with Crippen molar-refractivity contribution in [3.8, 4) is 6.07 Å². The first-order valence-electron chi connectivity index (χ1n) is 5.86. The van der Waals surface area contributed by atoms with Gasteiger partial charge in [0.05, 0.1) is 23.8 Å². The van der Waals surface area contributed by atoms with Gasteiger partial charge >= 0.3 is 0 Å². The fraction of sp³-hybridized carbons (Fsp3) is 0.538. The molecule has 0 aliphatic carbocycles. The van der Waals surface area contributed by atoms with Crippen molar-refractivity contribution in [1.29, 1.82) is 5.26 Å². The van der Waals surface area contributed by atoms with Crippen LogP contribution in [0.1, 0.15) is 31.0 Å². The van der Waals surface area contributed by atoms with Crippen molar-refractivity contribution in [2.24, 2.45) is 0 Å². The molecule has 4 heteroatoms. The molecule has 1 aromatic heterocycles. The highest BCUT2D eigenvalue weighted by Crippen LogP contribution is 2.23. The van der Waals surface area contributed by atoms with Gasteiger partial charge in [0.15, 0.2) is 0 Å². The topological polar surface area (TPSA) is 57.9 Å². The van der Waals surface area contributed by atoms with E-state index in [0.29, 0.717) is 12.2 Å². The molecule has 1 saturated heterocycles. The van der Waals surface area contributed by atoms with Crippen molar-refractivity contribution in [2.45, 2.75) is 32.2 Å². The summed E-state index contributed by atoms with van der Waals surface area (Å²) >= 11 is 0. The molecule has 17 heavy (non-hydrogen) atoms. The van der Waals surface area contributed by atoms with Gasteiger partial charge in [-0.1, -0.05) is 0 Å². The van der Waals surface area contributed by atoms with Gasteiger partial charge in [-0.05, 0) is 38.8 Å². The van der Waals surface area contributed by atoms with E-state index in [1.165, 1.54) is 0 Å². The molecule has 2 heterocycles. The Labute approximate surface area is 102 Å². The third-order valence-electron chi connectivity index (χ3n) is 2.95. The van der Waals surface area contributed by atoms with Crippen LogP contribution in [0, 0.1) is 18.3 Å². The van der Waals surface area contributed by atoms with Crippen molar-refractivity contribution in [3.05, 3.63) is 23.4 Å². The first-order chi connectivity index (χ1) is 8.11. The zero-order valence-electron chi connectivity index (χ0n) is 10.3. The first kappa shape index (κ1) is 11.9. The monoisotopic (exact) mass is 231 g/mol. The second-order valence-electron chi connectivity index (χ2n) is 4.84. The van der Waals surface area contributed by atoms with Gasteiger partial charge in [0.1, 0.15) is 5.82 Å². The van der Waals surface area contributed by atoms with Crippen LogP contribution in [-0.4, -0.2) is 23.7 Å². The summed E-state index contributed by atoms with van der Waals surface area (Å²) in [6, 6.07) is 5.71. The Bertz CT molecular complexity index is 444. The lowest BCUT2D eigenvalue weighted by atomic mass is 9.95. The van der Waals surface area contributed by atoms with Crippen LogP contribution in [0.4, 0.5) is 5.82 Å². The Morgan fingerprint density at radius 2 is 2.35 bits per heavy atom. The van der Waals surface area contributed by atoms with Crippen molar-refractivity contribution in [3.63, 3.8) is 0 Å². The normalized spacial score (nSPS) is 24.1. The second-order valence-corrected chi connectivity index (χ2v) is 4.84. The first-order valence-corrected chi connectivity index (χ1v) is 5.86. The molecular formula is C13H17N3O. The van der Waals surface area contributed by atoms with E-state index >= 15 is 0 Å². The molecule has 1 N–H and O–H groups in total. The second kappa shape index (κ2) is 4.72. The summed E-state index contributed by atoms with van der Waals surface area (Å²) < 4.78 is 5.49. The van der Waals surface area contributed by atoms with E-state index in [-0.39, 0.29) is 5.54 Å². The highest BCUT2D eigenvalue weighted by Gasteiger charge is 2.27. The van der Waals surface area contributed by atoms with Gasteiger partial charge in [-0.15, -0.1) is 0 Å². The van der Waals surface area contributed by atoms with Gasteiger partial charge in [-0.3, -0.25) is 0 Å². The standard InChI is InChI=1S/C13H17N3O/c1-10-6-11(8-14)7-12(15-10)16-13(2)4-3-5-17-9-13/h6-7H,3-5,9H2,1-2H3,(H,15,16). The fourth-order valence-electron chi connectivity index (χ4n) is 2.14. The smallest absolute Gasteiger partial charge is 0.128 e. The average molecular weight is 231 g/mol. The molecule has 0 saturated carbocycles. The molecule has 0 bridgehead atoms. The molecule has 4 nitrogen and oxygen atoms in total. The number of hydrogen-bond acceptors (Lipinski definition) is 4. The Hall–Kier alpha value is -1.60. The van der Waals surface area contributed by atoms with E-state index in [2.05, 4.69) is 23.3 Å². The summed E-state index contributed by atoms with van der Waals surface area (Å²) in [5.74, 6) is 0.759. The number of nitrogens with zero attached hydrogens (tertiary/aromatic N) is 2. The molecule has 1 aromatic rings. The quantitative estimate of drug-likeness (QED) is 0.848. The van der Waals surface area contributed by atoms with E-state index in [9.17, 15) is 0 Å². The van der Waals surface area contributed by atoms with Crippen LogP contribution in [-0.2, 0) is 4.74 Å². The van der Waals surface area contributed by atoms with E-state index in [1.807, 2.05) is 6.92 Å². The Balaban J connectivity index is 2.17. The number of aromatic nitrogens is 1. The van der Waals surface area contributed by atoms with E-state index in [1.54, 1.807) is 12.1 Å². The Morgan fingerprint density at radius 3 is 3.00 bits per heavy atom. The van der Waals surface area contributed by atoms with Gasteiger partial charge in [0, 0.05) is 12.3 Å². The highest BCUT2D eigenvalue weighted by molar-refractivity contribution is 5.46. The summed E-state index contributed by atoms with van der Waals surface area (Å²) in [7, 11) is 0. The van der Waals surface area contributed by atoms with E-state index in [0.717, 1.165) is 31.0 Å². The van der Waals surface area contributed by atoms with Crippen LogP contribution < -0.4 is 5.32 Å². The minimum atomic E-state index is -0.0776. The SMILES string of the molecule is Cc1cc(C#N)cc(NC2(C)CCCOC2)n1. The maximum absolute atomic E-state index is 8.93. The molecule has 2 rings (SSSR count). The van der Waals surface area contributed by atoms with Gasteiger partial charge in [-0.2, -0.15) is 5.26 Å². The minimum Gasteiger partial charge on any atom is -0.379 e. The Morgan fingerprint density at radius 1 is 1.53 bits per heavy atom. The number of ether oxygens (including phenoxy) is 1. The van der Waals surface area contributed by atoms with Crippen LogP contribution in [0.15, 0.2) is 12.1 Å². The lowest BCUT2D eigenvalue weighted by Gasteiger charge is -2.34. The maximum atomic E-state index is 8.93. The molecular weight excluding hydrogens is 214 g/mol. The summed E-state index contributed by atoms with van der Waals surface area (Å²) in [5.41, 5.74) is 1.42. The Kier molecular flexibility index (Phi) is 3.30. The van der Waals surface area contributed by atoms with Gasteiger partial charge in [-0.25, -0.2) is 4.98 Å². The van der Waals surface area contributed by atoms with Crippen LogP contribution >= 0.6 is 0 Å². The highest BCUT2D eigenvalue weighted by atomic mass is 16.5. The summed E-state index contributed by atoms with van der Waals surface area (Å²) in [6.07, 6.45) is 2.12. The van der Waals surface area contributed by atoms with E-state index < -0.39 is 0 Å². The minimum absolute atomic E-state index is 0.0776. The zero-order valence-corrected chi connectivity index (χ0v) is 10.3. The molecule has 0 amide bonds. The number of anilines is 1. The third kappa shape index (κ3) is 2.95. The lowest BCUT2D eigenvalue weighted by molar-refractivity contribution is 0.0539. The number of nitrogens with one attached hydrogen (secondary N) is 1.